The first-order chi connectivity index (χ1) is 7.66. The number of phenols is 1. The zero-order valence-corrected chi connectivity index (χ0v) is 9.44. The minimum absolute atomic E-state index is 0.127. The Morgan fingerprint density at radius 2 is 2.31 bits per heavy atom. The minimum atomic E-state index is 0.127. The maximum Gasteiger partial charge on any atom is 0.141 e. The molecule has 16 heavy (non-hydrogen) atoms. The number of carbonyl (C=O) groups is 1. The van der Waals surface area contributed by atoms with Crippen molar-refractivity contribution in [3.05, 3.63) is 29.8 Å². The van der Waals surface area contributed by atoms with Crippen molar-refractivity contribution < 1.29 is 9.90 Å². The number of ketones is 1. The lowest BCUT2D eigenvalue weighted by Crippen LogP contribution is -2.23. The standard InChI is InChI=1S/C13H17NO2/c1-9-7-14-8-12(9)13(16)6-10-3-2-4-11(15)5-10/h2-5,9,12,14-15H,6-8H2,1H3. The molecule has 0 saturated carbocycles. The molecule has 1 aromatic rings. The summed E-state index contributed by atoms with van der Waals surface area (Å²) in [6.07, 6.45) is 0.422. The van der Waals surface area contributed by atoms with Crippen molar-refractivity contribution in [2.75, 3.05) is 13.1 Å². The van der Waals surface area contributed by atoms with E-state index in [1.807, 2.05) is 6.07 Å². The Morgan fingerprint density at radius 1 is 1.50 bits per heavy atom. The first-order valence-corrected chi connectivity index (χ1v) is 5.68. The number of hydrogen-bond donors (Lipinski definition) is 2. The normalized spacial score (nSPS) is 24.6. The number of aromatic hydroxyl groups is 1. The number of phenolic OH excluding ortho intramolecular Hbond substituents is 1. The number of hydrogen-bond acceptors (Lipinski definition) is 3. The van der Waals surface area contributed by atoms with E-state index >= 15 is 0 Å². The van der Waals surface area contributed by atoms with E-state index in [1.165, 1.54) is 0 Å². The molecule has 1 fully saturated rings. The van der Waals surface area contributed by atoms with Gasteiger partial charge in [0.25, 0.3) is 0 Å². The van der Waals surface area contributed by atoms with E-state index in [1.54, 1.807) is 18.2 Å². The molecule has 2 rings (SSSR count). The van der Waals surface area contributed by atoms with E-state index in [9.17, 15) is 9.90 Å². The van der Waals surface area contributed by atoms with E-state index in [0.29, 0.717) is 12.3 Å². The largest absolute Gasteiger partial charge is 0.508 e. The van der Waals surface area contributed by atoms with Crippen LogP contribution in [0.2, 0.25) is 0 Å². The first-order valence-electron chi connectivity index (χ1n) is 5.68. The van der Waals surface area contributed by atoms with Crippen LogP contribution in [-0.2, 0) is 11.2 Å². The van der Waals surface area contributed by atoms with Crippen molar-refractivity contribution in [2.24, 2.45) is 11.8 Å². The third-order valence-corrected chi connectivity index (χ3v) is 3.22. The fraction of sp³-hybridized carbons (Fsp3) is 0.462. The molecule has 1 aromatic carbocycles. The second kappa shape index (κ2) is 4.66. The molecule has 1 aliphatic rings. The Labute approximate surface area is 95.5 Å². The molecule has 0 aliphatic carbocycles. The lowest BCUT2D eigenvalue weighted by Gasteiger charge is -2.12. The Bertz CT molecular complexity index is 389. The summed E-state index contributed by atoms with van der Waals surface area (Å²) in [6, 6.07) is 6.93. The van der Waals surface area contributed by atoms with Crippen LogP contribution >= 0.6 is 0 Å². The van der Waals surface area contributed by atoms with Crippen LogP contribution in [0.3, 0.4) is 0 Å². The molecule has 0 radical (unpaired) electrons. The maximum atomic E-state index is 12.0. The summed E-state index contributed by atoms with van der Waals surface area (Å²) >= 11 is 0. The van der Waals surface area contributed by atoms with Gasteiger partial charge in [-0.05, 0) is 30.2 Å². The predicted molar refractivity (Wildman–Crippen MR) is 62.3 cm³/mol. The van der Waals surface area contributed by atoms with Gasteiger partial charge in [0.15, 0.2) is 0 Å². The first kappa shape index (κ1) is 11.1. The minimum Gasteiger partial charge on any atom is -0.508 e. The molecule has 2 unspecified atom stereocenters. The highest BCUT2D eigenvalue weighted by atomic mass is 16.3. The Morgan fingerprint density at radius 3 is 2.94 bits per heavy atom. The summed E-state index contributed by atoms with van der Waals surface area (Å²) < 4.78 is 0. The zero-order valence-electron chi connectivity index (χ0n) is 9.44. The highest BCUT2D eigenvalue weighted by Gasteiger charge is 2.28. The zero-order chi connectivity index (χ0) is 11.5. The molecule has 3 nitrogen and oxygen atoms in total. The molecule has 2 N–H and O–H groups in total. The summed E-state index contributed by atoms with van der Waals surface area (Å²) in [5, 5.41) is 12.5. The van der Waals surface area contributed by atoms with Gasteiger partial charge < -0.3 is 10.4 Å². The van der Waals surface area contributed by atoms with Crippen molar-refractivity contribution >= 4 is 5.78 Å². The van der Waals surface area contributed by atoms with Crippen LogP contribution in [0, 0.1) is 11.8 Å². The maximum absolute atomic E-state index is 12.0. The summed E-state index contributed by atoms with van der Waals surface area (Å²) in [6.45, 7) is 3.82. The predicted octanol–water partition coefficient (Wildman–Crippen LogP) is 1.36. The molecule has 0 bridgehead atoms. The molecule has 86 valence electrons. The third-order valence-electron chi connectivity index (χ3n) is 3.22. The molecule has 1 saturated heterocycles. The van der Waals surface area contributed by atoms with Crippen molar-refractivity contribution in [2.45, 2.75) is 13.3 Å². The van der Waals surface area contributed by atoms with E-state index in [2.05, 4.69) is 12.2 Å². The van der Waals surface area contributed by atoms with Gasteiger partial charge in [-0.25, -0.2) is 0 Å². The topological polar surface area (TPSA) is 49.3 Å². The van der Waals surface area contributed by atoms with Gasteiger partial charge in [0.1, 0.15) is 11.5 Å². The number of carbonyl (C=O) groups excluding carboxylic acids is 1. The SMILES string of the molecule is CC1CNCC1C(=O)Cc1cccc(O)c1. The van der Waals surface area contributed by atoms with Gasteiger partial charge in [-0.1, -0.05) is 19.1 Å². The van der Waals surface area contributed by atoms with E-state index in [-0.39, 0.29) is 17.5 Å². The second-order valence-corrected chi connectivity index (χ2v) is 4.56. The fourth-order valence-electron chi connectivity index (χ4n) is 2.24. The van der Waals surface area contributed by atoms with Gasteiger partial charge in [0.05, 0.1) is 0 Å². The monoisotopic (exact) mass is 219 g/mol. The van der Waals surface area contributed by atoms with Crippen molar-refractivity contribution in [3.8, 4) is 5.75 Å². The van der Waals surface area contributed by atoms with Gasteiger partial charge in [-0.2, -0.15) is 0 Å². The molecule has 3 heteroatoms. The van der Waals surface area contributed by atoms with Gasteiger partial charge in [-0.15, -0.1) is 0 Å². The number of rotatable bonds is 3. The fourth-order valence-corrected chi connectivity index (χ4v) is 2.24. The van der Waals surface area contributed by atoms with Gasteiger partial charge in [0, 0.05) is 18.9 Å². The molecule has 0 amide bonds. The van der Waals surface area contributed by atoms with Gasteiger partial charge in [-0.3, -0.25) is 4.79 Å². The number of nitrogens with one attached hydrogen (secondary N) is 1. The molecule has 1 aliphatic heterocycles. The van der Waals surface area contributed by atoms with E-state index in [4.69, 9.17) is 0 Å². The second-order valence-electron chi connectivity index (χ2n) is 4.56. The lowest BCUT2D eigenvalue weighted by atomic mass is 9.90. The van der Waals surface area contributed by atoms with Crippen LogP contribution in [0.1, 0.15) is 12.5 Å². The molecular formula is C13H17NO2. The van der Waals surface area contributed by atoms with Crippen LogP contribution in [-0.4, -0.2) is 24.0 Å². The van der Waals surface area contributed by atoms with E-state index < -0.39 is 0 Å². The summed E-state index contributed by atoms with van der Waals surface area (Å²) in [7, 11) is 0. The highest BCUT2D eigenvalue weighted by molar-refractivity contribution is 5.84. The highest BCUT2D eigenvalue weighted by Crippen LogP contribution is 2.20. The lowest BCUT2D eigenvalue weighted by molar-refractivity contribution is -0.122. The molecule has 2 atom stereocenters. The molecular weight excluding hydrogens is 202 g/mol. The Hall–Kier alpha value is -1.35. The Balaban J connectivity index is 2.02. The smallest absolute Gasteiger partial charge is 0.141 e. The average Bonchev–Trinajstić information content (AvgIpc) is 2.64. The number of Topliss-reactive ketones (excluding diaryl/α,β-unsaturated/α-hetero) is 1. The quantitative estimate of drug-likeness (QED) is 0.807. The van der Waals surface area contributed by atoms with E-state index in [0.717, 1.165) is 18.7 Å². The summed E-state index contributed by atoms with van der Waals surface area (Å²) in [5.74, 6) is 1.04. The van der Waals surface area contributed by atoms with Crippen molar-refractivity contribution in [1.82, 2.24) is 5.32 Å². The summed E-state index contributed by atoms with van der Waals surface area (Å²) in [5.41, 5.74) is 0.893. The molecule has 0 aromatic heterocycles. The van der Waals surface area contributed by atoms with Crippen LogP contribution < -0.4 is 5.32 Å². The summed E-state index contributed by atoms with van der Waals surface area (Å²) in [4.78, 5) is 12.0. The third kappa shape index (κ3) is 2.42. The van der Waals surface area contributed by atoms with Crippen LogP contribution in [0.15, 0.2) is 24.3 Å². The number of benzene rings is 1. The average molecular weight is 219 g/mol. The van der Waals surface area contributed by atoms with Gasteiger partial charge in [0.2, 0.25) is 0 Å². The van der Waals surface area contributed by atoms with Crippen LogP contribution in [0.4, 0.5) is 0 Å². The van der Waals surface area contributed by atoms with Crippen molar-refractivity contribution in [3.63, 3.8) is 0 Å². The molecule has 0 spiro atoms. The van der Waals surface area contributed by atoms with Crippen LogP contribution in [0.25, 0.3) is 0 Å². The molecule has 1 heterocycles. The van der Waals surface area contributed by atoms with Crippen molar-refractivity contribution in [1.29, 1.82) is 0 Å². The Kier molecular flexibility index (Phi) is 3.25. The van der Waals surface area contributed by atoms with Gasteiger partial charge >= 0.3 is 0 Å². The van der Waals surface area contributed by atoms with Crippen LogP contribution in [0.5, 0.6) is 5.75 Å².